The smallest absolute Gasteiger partial charge is 0.125 e. The minimum atomic E-state index is 0.413. The summed E-state index contributed by atoms with van der Waals surface area (Å²) in [5.41, 5.74) is 1.18. The van der Waals surface area contributed by atoms with Crippen LogP contribution in [0.4, 0.5) is 0 Å². The van der Waals surface area contributed by atoms with Crippen molar-refractivity contribution >= 4 is 0 Å². The fourth-order valence-electron chi connectivity index (χ4n) is 4.19. The fraction of sp³-hybridized carbons (Fsp3) is 0.750. The maximum Gasteiger partial charge on any atom is 0.125 e. The number of hydrogen-bond acceptors (Lipinski definition) is 3. The molecule has 2 bridgehead atoms. The van der Waals surface area contributed by atoms with E-state index in [0.29, 0.717) is 6.04 Å². The SMILES string of the molecule is CCNC(CC1CC2CCC1C2)c1ccnc(C)n1. The van der Waals surface area contributed by atoms with Crippen LogP contribution in [0.5, 0.6) is 0 Å². The Morgan fingerprint density at radius 2 is 2.26 bits per heavy atom. The topological polar surface area (TPSA) is 37.8 Å². The molecule has 1 heterocycles. The molecule has 4 atom stereocenters. The van der Waals surface area contributed by atoms with Crippen molar-refractivity contribution in [3.8, 4) is 0 Å². The lowest BCUT2D eigenvalue weighted by Gasteiger charge is -2.27. The van der Waals surface area contributed by atoms with E-state index in [1.807, 2.05) is 13.1 Å². The molecule has 2 aliphatic carbocycles. The van der Waals surface area contributed by atoms with Crippen molar-refractivity contribution in [3.05, 3.63) is 23.8 Å². The first kappa shape index (κ1) is 13.0. The molecule has 4 unspecified atom stereocenters. The van der Waals surface area contributed by atoms with Crippen LogP contribution >= 0.6 is 0 Å². The second-order valence-corrected chi connectivity index (χ2v) is 6.31. The molecule has 104 valence electrons. The number of nitrogens with zero attached hydrogens (tertiary/aromatic N) is 2. The van der Waals surface area contributed by atoms with E-state index in [4.69, 9.17) is 0 Å². The van der Waals surface area contributed by atoms with E-state index in [9.17, 15) is 0 Å². The van der Waals surface area contributed by atoms with Gasteiger partial charge in [0.15, 0.2) is 0 Å². The average Bonchev–Trinajstić information content (AvgIpc) is 3.00. The highest BCUT2D eigenvalue weighted by Crippen LogP contribution is 2.50. The van der Waals surface area contributed by atoms with Gasteiger partial charge in [0.25, 0.3) is 0 Å². The lowest BCUT2D eigenvalue weighted by molar-refractivity contribution is 0.278. The summed E-state index contributed by atoms with van der Waals surface area (Å²) in [6.45, 7) is 5.17. The quantitative estimate of drug-likeness (QED) is 0.882. The largest absolute Gasteiger partial charge is 0.309 e. The normalized spacial score (nSPS) is 30.7. The Morgan fingerprint density at radius 3 is 2.89 bits per heavy atom. The first-order chi connectivity index (χ1) is 9.26. The van der Waals surface area contributed by atoms with E-state index in [-0.39, 0.29) is 0 Å². The molecule has 2 saturated carbocycles. The summed E-state index contributed by atoms with van der Waals surface area (Å²) in [5.74, 6) is 3.82. The van der Waals surface area contributed by atoms with Crippen LogP contribution in [0.25, 0.3) is 0 Å². The molecule has 0 aromatic carbocycles. The van der Waals surface area contributed by atoms with Gasteiger partial charge in [-0.25, -0.2) is 9.97 Å². The summed E-state index contributed by atoms with van der Waals surface area (Å²) in [5, 5.41) is 3.62. The first-order valence-electron chi connectivity index (χ1n) is 7.79. The van der Waals surface area contributed by atoms with Crippen LogP contribution in [0.3, 0.4) is 0 Å². The molecular formula is C16H25N3. The highest BCUT2D eigenvalue weighted by atomic mass is 15.0. The Bertz CT molecular complexity index is 432. The molecule has 2 fully saturated rings. The summed E-state index contributed by atoms with van der Waals surface area (Å²) in [7, 11) is 0. The lowest BCUT2D eigenvalue weighted by atomic mass is 9.83. The number of hydrogen-bond donors (Lipinski definition) is 1. The van der Waals surface area contributed by atoms with Crippen molar-refractivity contribution in [2.45, 2.75) is 52.0 Å². The summed E-state index contributed by atoms with van der Waals surface area (Å²) >= 11 is 0. The number of fused-ring (bicyclic) bond motifs is 2. The molecule has 0 aliphatic heterocycles. The van der Waals surface area contributed by atoms with Crippen LogP contribution < -0.4 is 5.32 Å². The van der Waals surface area contributed by atoms with Crippen molar-refractivity contribution in [2.75, 3.05) is 6.54 Å². The van der Waals surface area contributed by atoms with Gasteiger partial charge in [-0.3, -0.25) is 0 Å². The zero-order valence-corrected chi connectivity index (χ0v) is 12.1. The molecule has 19 heavy (non-hydrogen) atoms. The molecule has 0 saturated heterocycles. The van der Waals surface area contributed by atoms with E-state index < -0.39 is 0 Å². The molecule has 1 aromatic rings. The minimum Gasteiger partial charge on any atom is -0.309 e. The summed E-state index contributed by atoms with van der Waals surface area (Å²) in [6.07, 6.45) is 9.05. The van der Waals surface area contributed by atoms with Crippen LogP contribution in [0.2, 0.25) is 0 Å². The lowest BCUT2D eigenvalue weighted by Crippen LogP contribution is -2.26. The van der Waals surface area contributed by atoms with Crippen LogP contribution in [0, 0.1) is 24.7 Å². The van der Waals surface area contributed by atoms with Crippen LogP contribution in [0.15, 0.2) is 12.3 Å². The fourth-order valence-corrected chi connectivity index (χ4v) is 4.19. The third-order valence-corrected chi connectivity index (χ3v) is 5.03. The maximum absolute atomic E-state index is 4.62. The zero-order valence-electron chi connectivity index (χ0n) is 12.1. The Kier molecular flexibility index (Phi) is 3.83. The van der Waals surface area contributed by atoms with Crippen molar-refractivity contribution in [1.29, 1.82) is 0 Å². The Balaban J connectivity index is 1.70. The first-order valence-corrected chi connectivity index (χ1v) is 7.79. The number of aryl methyl sites for hydroxylation is 1. The molecule has 0 radical (unpaired) electrons. The summed E-state index contributed by atoms with van der Waals surface area (Å²) < 4.78 is 0. The molecule has 3 nitrogen and oxygen atoms in total. The van der Waals surface area contributed by atoms with Gasteiger partial charge in [0.1, 0.15) is 5.82 Å². The van der Waals surface area contributed by atoms with Gasteiger partial charge >= 0.3 is 0 Å². The molecule has 0 spiro atoms. The molecule has 1 aromatic heterocycles. The Hall–Kier alpha value is -0.960. The van der Waals surface area contributed by atoms with E-state index in [1.165, 1.54) is 37.8 Å². The van der Waals surface area contributed by atoms with E-state index >= 15 is 0 Å². The highest BCUT2D eigenvalue weighted by molar-refractivity contribution is 5.08. The maximum atomic E-state index is 4.62. The predicted molar refractivity (Wildman–Crippen MR) is 76.7 cm³/mol. The summed E-state index contributed by atoms with van der Waals surface area (Å²) in [6, 6.07) is 2.49. The van der Waals surface area contributed by atoms with Gasteiger partial charge in [-0.05, 0) is 63.0 Å². The van der Waals surface area contributed by atoms with E-state index in [0.717, 1.165) is 30.1 Å². The van der Waals surface area contributed by atoms with Gasteiger partial charge in [-0.15, -0.1) is 0 Å². The third kappa shape index (κ3) is 2.81. The number of aromatic nitrogens is 2. The second-order valence-electron chi connectivity index (χ2n) is 6.31. The molecule has 2 aliphatic rings. The van der Waals surface area contributed by atoms with Crippen LogP contribution in [-0.4, -0.2) is 16.5 Å². The molecular weight excluding hydrogens is 234 g/mol. The predicted octanol–water partition coefficient (Wildman–Crippen LogP) is 3.26. The molecule has 0 amide bonds. The second kappa shape index (κ2) is 5.58. The van der Waals surface area contributed by atoms with Gasteiger partial charge in [0, 0.05) is 12.2 Å². The van der Waals surface area contributed by atoms with E-state index in [2.05, 4.69) is 28.3 Å². The van der Waals surface area contributed by atoms with Crippen molar-refractivity contribution < 1.29 is 0 Å². The molecule has 1 N–H and O–H groups in total. The Morgan fingerprint density at radius 1 is 1.37 bits per heavy atom. The minimum absolute atomic E-state index is 0.413. The van der Waals surface area contributed by atoms with E-state index in [1.54, 1.807) is 0 Å². The zero-order chi connectivity index (χ0) is 13.2. The van der Waals surface area contributed by atoms with Gasteiger partial charge in [-0.2, -0.15) is 0 Å². The highest BCUT2D eigenvalue weighted by Gasteiger charge is 2.40. The van der Waals surface area contributed by atoms with Gasteiger partial charge in [0.2, 0.25) is 0 Å². The molecule has 3 rings (SSSR count). The van der Waals surface area contributed by atoms with Crippen LogP contribution in [0.1, 0.15) is 56.6 Å². The van der Waals surface area contributed by atoms with Crippen molar-refractivity contribution in [2.24, 2.45) is 17.8 Å². The van der Waals surface area contributed by atoms with Crippen LogP contribution in [-0.2, 0) is 0 Å². The summed E-state index contributed by atoms with van der Waals surface area (Å²) in [4.78, 5) is 8.84. The average molecular weight is 259 g/mol. The van der Waals surface area contributed by atoms with Gasteiger partial charge < -0.3 is 5.32 Å². The monoisotopic (exact) mass is 259 g/mol. The number of rotatable bonds is 5. The Labute approximate surface area is 116 Å². The van der Waals surface area contributed by atoms with Gasteiger partial charge in [0.05, 0.1) is 5.69 Å². The van der Waals surface area contributed by atoms with Gasteiger partial charge in [-0.1, -0.05) is 13.3 Å². The van der Waals surface area contributed by atoms with Crippen molar-refractivity contribution in [3.63, 3.8) is 0 Å². The third-order valence-electron chi connectivity index (χ3n) is 5.03. The standard InChI is InChI=1S/C16H25N3/c1-3-17-16(15-6-7-18-11(2)19-15)10-14-9-12-4-5-13(14)8-12/h6-7,12-14,16-17H,3-5,8-10H2,1-2H3. The number of nitrogens with one attached hydrogen (secondary N) is 1. The molecule has 3 heteroatoms. The van der Waals surface area contributed by atoms with Crippen molar-refractivity contribution in [1.82, 2.24) is 15.3 Å².